The highest BCUT2D eigenvalue weighted by molar-refractivity contribution is 5.54. The molecule has 28 heavy (non-hydrogen) atoms. The number of benzene rings is 1. The Morgan fingerprint density at radius 1 is 1.25 bits per heavy atom. The fourth-order valence-corrected chi connectivity index (χ4v) is 3.49. The Kier molecular flexibility index (Phi) is 5.73. The Morgan fingerprint density at radius 3 is 2.54 bits per heavy atom. The second-order valence-electron chi connectivity index (χ2n) is 8.46. The lowest BCUT2D eigenvalue weighted by atomic mass is 9.59. The van der Waals surface area contributed by atoms with Crippen molar-refractivity contribution < 1.29 is 0 Å². The lowest BCUT2D eigenvalue weighted by Crippen LogP contribution is -2.52. The second kappa shape index (κ2) is 8.05. The predicted octanol–water partition coefficient (Wildman–Crippen LogP) is 3.92. The van der Waals surface area contributed by atoms with Crippen LogP contribution in [0.15, 0.2) is 30.5 Å². The molecule has 0 aliphatic heterocycles. The summed E-state index contributed by atoms with van der Waals surface area (Å²) in [4.78, 5) is 10.9. The molecule has 0 bridgehead atoms. The Labute approximate surface area is 168 Å². The van der Waals surface area contributed by atoms with Gasteiger partial charge in [0, 0.05) is 32.4 Å². The van der Waals surface area contributed by atoms with Gasteiger partial charge in [-0.25, -0.2) is 4.98 Å². The van der Waals surface area contributed by atoms with Crippen molar-refractivity contribution in [2.75, 3.05) is 36.2 Å². The van der Waals surface area contributed by atoms with Crippen molar-refractivity contribution in [2.45, 2.75) is 39.7 Å². The van der Waals surface area contributed by atoms with E-state index in [-0.39, 0.29) is 5.41 Å². The minimum absolute atomic E-state index is 0.198. The van der Waals surface area contributed by atoms with Gasteiger partial charge >= 0.3 is 0 Å². The van der Waals surface area contributed by atoms with Gasteiger partial charge in [0.2, 0.25) is 5.95 Å². The van der Waals surface area contributed by atoms with Crippen LogP contribution in [0.3, 0.4) is 0 Å². The number of nitrogens with one attached hydrogen (secondary N) is 2. The van der Waals surface area contributed by atoms with Crippen LogP contribution in [0.5, 0.6) is 0 Å². The van der Waals surface area contributed by atoms with Crippen LogP contribution in [-0.4, -0.2) is 36.6 Å². The quantitative estimate of drug-likeness (QED) is 0.760. The van der Waals surface area contributed by atoms with E-state index in [9.17, 15) is 5.26 Å². The first kappa shape index (κ1) is 19.9. The summed E-state index contributed by atoms with van der Waals surface area (Å²) in [5.74, 6) is 1.84. The van der Waals surface area contributed by atoms with Crippen LogP contribution in [-0.2, 0) is 6.42 Å². The number of rotatable bonds is 7. The monoisotopic (exact) mass is 378 g/mol. The highest BCUT2D eigenvalue weighted by Crippen LogP contribution is 2.47. The third-order valence-corrected chi connectivity index (χ3v) is 6.13. The fourth-order valence-electron chi connectivity index (χ4n) is 3.49. The first-order chi connectivity index (χ1) is 13.3. The number of hydrogen-bond donors (Lipinski definition) is 2. The standard InChI is InChI=1S/C22H30N6/c1-15-12-19(22(15,2)3)26-20-17(13-23)14-25-21(27-20)24-11-10-16-6-8-18(9-7-16)28(4)5/h6-9,14-15,19H,10-12H2,1-5H3,(H2,24,25,26,27)/t15-,19+/m0/s1. The third-order valence-electron chi connectivity index (χ3n) is 6.13. The highest BCUT2D eigenvalue weighted by Gasteiger charge is 2.45. The van der Waals surface area contributed by atoms with Gasteiger partial charge in [-0.15, -0.1) is 0 Å². The average molecular weight is 379 g/mol. The molecule has 1 fully saturated rings. The van der Waals surface area contributed by atoms with Gasteiger partial charge in [-0.1, -0.05) is 32.9 Å². The molecule has 2 atom stereocenters. The Morgan fingerprint density at radius 2 is 1.96 bits per heavy atom. The van der Waals surface area contributed by atoms with Gasteiger partial charge in [0.05, 0.1) is 6.20 Å². The number of anilines is 3. The Bertz CT molecular complexity index is 850. The molecule has 3 rings (SSSR count). The number of nitrogens with zero attached hydrogens (tertiary/aromatic N) is 4. The molecule has 2 aromatic rings. The van der Waals surface area contributed by atoms with E-state index >= 15 is 0 Å². The van der Waals surface area contributed by atoms with Crippen molar-refractivity contribution in [2.24, 2.45) is 11.3 Å². The van der Waals surface area contributed by atoms with Gasteiger partial charge in [0.25, 0.3) is 0 Å². The molecule has 148 valence electrons. The number of aromatic nitrogens is 2. The molecule has 1 aliphatic rings. The lowest BCUT2D eigenvalue weighted by Gasteiger charge is -2.51. The molecule has 1 aromatic carbocycles. The molecule has 0 radical (unpaired) electrons. The molecule has 0 spiro atoms. The van der Waals surface area contributed by atoms with Crippen molar-refractivity contribution in [3.63, 3.8) is 0 Å². The van der Waals surface area contributed by atoms with Crippen LogP contribution in [0.25, 0.3) is 0 Å². The van der Waals surface area contributed by atoms with Crippen LogP contribution >= 0.6 is 0 Å². The van der Waals surface area contributed by atoms with Gasteiger partial charge in [-0.2, -0.15) is 10.2 Å². The van der Waals surface area contributed by atoms with Crippen LogP contribution < -0.4 is 15.5 Å². The van der Waals surface area contributed by atoms with E-state index in [4.69, 9.17) is 0 Å². The normalized spacial score (nSPS) is 20.0. The van der Waals surface area contributed by atoms with Gasteiger partial charge in [0.1, 0.15) is 17.5 Å². The summed E-state index contributed by atoms with van der Waals surface area (Å²) >= 11 is 0. The van der Waals surface area contributed by atoms with E-state index in [1.807, 2.05) is 14.1 Å². The predicted molar refractivity (Wildman–Crippen MR) is 115 cm³/mol. The zero-order valence-electron chi connectivity index (χ0n) is 17.5. The molecule has 0 unspecified atom stereocenters. The molecule has 6 heteroatoms. The third kappa shape index (κ3) is 4.19. The maximum absolute atomic E-state index is 9.39. The first-order valence-corrected chi connectivity index (χ1v) is 9.85. The van der Waals surface area contributed by atoms with Crippen LogP contribution in [0, 0.1) is 22.7 Å². The summed E-state index contributed by atoms with van der Waals surface area (Å²) in [5, 5.41) is 16.1. The summed E-state index contributed by atoms with van der Waals surface area (Å²) in [6.07, 6.45) is 3.57. The highest BCUT2D eigenvalue weighted by atomic mass is 15.2. The number of hydrogen-bond acceptors (Lipinski definition) is 6. The summed E-state index contributed by atoms with van der Waals surface area (Å²) in [5.41, 5.74) is 3.14. The van der Waals surface area contributed by atoms with E-state index in [1.54, 1.807) is 6.20 Å². The minimum atomic E-state index is 0.198. The molecule has 2 N–H and O–H groups in total. The van der Waals surface area contributed by atoms with Gasteiger partial charge in [0.15, 0.2) is 0 Å². The maximum atomic E-state index is 9.39. The van der Waals surface area contributed by atoms with Crippen LogP contribution in [0.1, 0.15) is 38.3 Å². The van der Waals surface area contributed by atoms with E-state index in [1.165, 1.54) is 11.3 Å². The van der Waals surface area contributed by atoms with Crippen molar-refractivity contribution in [1.29, 1.82) is 5.26 Å². The van der Waals surface area contributed by atoms with E-state index < -0.39 is 0 Å². The van der Waals surface area contributed by atoms with E-state index in [0.29, 0.717) is 29.3 Å². The summed E-state index contributed by atoms with van der Waals surface area (Å²) in [7, 11) is 4.08. The van der Waals surface area contributed by atoms with Crippen molar-refractivity contribution in [3.8, 4) is 6.07 Å². The molecule has 0 saturated heterocycles. The first-order valence-electron chi connectivity index (χ1n) is 9.85. The zero-order valence-corrected chi connectivity index (χ0v) is 17.5. The lowest BCUT2D eigenvalue weighted by molar-refractivity contribution is 0.0654. The molecule has 6 nitrogen and oxygen atoms in total. The molecule has 1 heterocycles. The minimum Gasteiger partial charge on any atom is -0.378 e. The largest absolute Gasteiger partial charge is 0.378 e. The Hall–Kier alpha value is -2.81. The van der Waals surface area contributed by atoms with Crippen LogP contribution in [0.4, 0.5) is 17.5 Å². The summed E-state index contributed by atoms with van der Waals surface area (Å²) in [6, 6.07) is 11.0. The van der Waals surface area contributed by atoms with Gasteiger partial charge in [-0.3, -0.25) is 0 Å². The topological polar surface area (TPSA) is 76.9 Å². The number of nitriles is 1. The molecule has 1 aromatic heterocycles. The fraction of sp³-hybridized carbons (Fsp3) is 0.500. The smallest absolute Gasteiger partial charge is 0.224 e. The zero-order chi connectivity index (χ0) is 20.3. The Balaban J connectivity index is 1.61. The van der Waals surface area contributed by atoms with Crippen molar-refractivity contribution in [1.82, 2.24) is 9.97 Å². The summed E-state index contributed by atoms with van der Waals surface area (Å²) < 4.78 is 0. The van der Waals surface area contributed by atoms with E-state index in [2.05, 4.69) is 76.6 Å². The van der Waals surface area contributed by atoms with E-state index in [0.717, 1.165) is 19.4 Å². The maximum Gasteiger partial charge on any atom is 0.224 e. The molecular weight excluding hydrogens is 348 g/mol. The average Bonchev–Trinajstić information content (AvgIpc) is 2.68. The molecule has 1 saturated carbocycles. The van der Waals surface area contributed by atoms with Crippen LogP contribution in [0.2, 0.25) is 0 Å². The van der Waals surface area contributed by atoms with Gasteiger partial charge < -0.3 is 15.5 Å². The molecule has 1 aliphatic carbocycles. The molecular formula is C22H30N6. The van der Waals surface area contributed by atoms with Crippen molar-refractivity contribution >= 4 is 17.5 Å². The SMILES string of the molecule is C[C@H]1C[C@@H](Nc2nc(NCCc3ccc(N(C)C)cc3)ncc2C#N)C1(C)C. The second-order valence-corrected chi connectivity index (χ2v) is 8.46. The summed E-state index contributed by atoms with van der Waals surface area (Å²) in [6.45, 7) is 7.51. The molecule has 0 amide bonds. The van der Waals surface area contributed by atoms with Crippen molar-refractivity contribution in [3.05, 3.63) is 41.6 Å². The van der Waals surface area contributed by atoms with Gasteiger partial charge in [-0.05, 0) is 41.9 Å².